The van der Waals surface area contributed by atoms with Crippen LogP contribution in [0.5, 0.6) is 0 Å². The standard InChI is InChI=1S/C11H18N2/c1-2-3-7-10-9-6-4-5-8-11(9)13-12-10/h2-8H2,1H3,(H,12,13). The normalized spacial score (nSPS) is 15.8. The van der Waals surface area contributed by atoms with Gasteiger partial charge in [0.25, 0.3) is 0 Å². The first-order valence-corrected chi connectivity index (χ1v) is 5.46. The smallest absolute Gasteiger partial charge is 0.0656 e. The zero-order valence-corrected chi connectivity index (χ0v) is 8.40. The van der Waals surface area contributed by atoms with Gasteiger partial charge in [-0.15, -0.1) is 0 Å². The molecule has 0 spiro atoms. The van der Waals surface area contributed by atoms with Crippen molar-refractivity contribution < 1.29 is 0 Å². The van der Waals surface area contributed by atoms with Gasteiger partial charge >= 0.3 is 0 Å². The van der Waals surface area contributed by atoms with Crippen LogP contribution >= 0.6 is 0 Å². The molecule has 1 heterocycles. The summed E-state index contributed by atoms with van der Waals surface area (Å²) < 4.78 is 0. The molecule has 0 amide bonds. The predicted octanol–water partition coefficient (Wildman–Crippen LogP) is 2.63. The molecule has 0 fully saturated rings. The van der Waals surface area contributed by atoms with Crippen molar-refractivity contribution in [2.75, 3.05) is 0 Å². The second kappa shape index (κ2) is 3.95. The molecule has 2 rings (SSSR count). The average Bonchev–Trinajstić information content (AvgIpc) is 2.58. The monoisotopic (exact) mass is 178 g/mol. The third-order valence-corrected chi connectivity index (χ3v) is 2.91. The number of nitrogens with one attached hydrogen (secondary N) is 1. The van der Waals surface area contributed by atoms with Gasteiger partial charge < -0.3 is 0 Å². The van der Waals surface area contributed by atoms with Crippen molar-refractivity contribution in [2.24, 2.45) is 0 Å². The largest absolute Gasteiger partial charge is 0.282 e. The lowest BCUT2D eigenvalue weighted by Crippen LogP contribution is -2.02. The van der Waals surface area contributed by atoms with E-state index in [-0.39, 0.29) is 0 Å². The minimum Gasteiger partial charge on any atom is -0.282 e. The van der Waals surface area contributed by atoms with Gasteiger partial charge in [-0.25, -0.2) is 0 Å². The van der Waals surface area contributed by atoms with Crippen LogP contribution in [0.4, 0.5) is 0 Å². The number of H-pyrrole nitrogens is 1. The molecule has 1 aromatic heterocycles. The summed E-state index contributed by atoms with van der Waals surface area (Å²) in [5.74, 6) is 0. The minimum atomic E-state index is 1.17. The number of nitrogens with zero attached hydrogens (tertiary/aromatic N) is 1. The molecule has 1 aliphatic carbocycles. The third kappa shape index (κ3) is 1.77. The van der Waals surface area contributed by atoms with E-state index in [2.05, 4.69) is 17.1 Å². The number of aryl methyl sites for hydroxylation is 2. The van der Waals surface area contributed by atoms with E-state index in [9.17, 15) is 0 Å². The Labute approximate surface area is 79.7 Å². The summed E-state index contributed by atoms with van der Waals surface area (Å²) in [7, 11) is 0. The number of hydrogen-bond donors (Lipinski definition) is 1. The van der Waals surface area contributed by atoms with Crippen LogP contribution in [-0.2, 0) is 19.3 Å². The SMILES string of the molecule is CCCCc1n[nH]c2c1CCCC2. The fourth-order valence-corrected chi connectivity index (χ4v) is 2.10. The molecule has 0 unspecified atom stereocenters. The fraction of sp³-hybridized carbons (Fsp3) is 0.727. The molecule has 1 aliphatic rings. The Bertz CT molecular complexity index is 276. The van der Waals surface area contributed by atoms with Crippen molar-refractivity contribution >= 4 is 0 Å². The molecule has 0 aromatic carbocycles. The molecule has 0 radical (unpaired) electrons. The Morgan fingerprint density at radius 1 is 1.31 bits per heavy atom. The van der Waals surface area contributed by atoms with Crippen molar-refractivity contribution in [2.45, 2.75) is 51.9 Å². The summed E-state index contributed by atoms with van der Waals surface area (Å²) in [4.78, 5) is 0. The van der Waals surface area contributed by atoms with Crippen molar-refractivity contribution in [3.63, 3.8) is 0 Å². The van der Waals surface area contributed by atoms with Crippen LogP contribution in [0.2, 0.25) is 0 Å². The van der Waals surface area contributed by atoms with Crippen LogP contribution in [0.25, 0.3) is 0 Å². The summed E-state index contributed by atoms with van der Waals surface area (Å²) >= 11 is 0. The van der Waals surface area contributed by atoms with Gasteiger partial charge in [-0.3, -0.25) is 5.10 Å². The molecule has 2 nitrogen and oxygen atoms in total. The van der Waals surface area contributed by atoms with Gasteiger partial charge in [0.15, 0.2) is 0 Å². The molecular weight excluding hydrogens is 160 g/mol. The van der Waals surface area contributed by atoms with Crippen molar-refractivity contribution in [3.05, 3.63) is 17.0 Å². The van der Waals surface area contributed by atoms with Gasteiger partial charge in [0, 0.05) is 5.69 Å². The van der Waals surface area contributed by atoms with Gasteiger partial charge in [-0.05, 0) is 44.1 Å². The van der Waals surface area contributed by atoms with E-state index in [1.807, 2.05) is 0 Å². The zero-order valence-electron chi connectivity index (χ0n) is 8.40. The number of fused-ring (bicyclic) bond motifs is 1. The molecular formula is C11H18N2. The lowest BCUT2D eigenvalue weighted by molar-refractivity contribution is 0.669. The Balaban J connectivity index is 2.12. The number of aromatic amines is 1. The first-order chi connectivity index (χ1) is 6.42. The Hall–Kier alpha value is -0.790. The quantitative estimate of drug-likeness (QED) is 0.757. The van der Waals surface area contributed by atoms with Crippen LogP contribution in [0.3, 0.4) is 0 Å². The number of rotatable bonds is 3. The van der Waals surface area contributed by atoms with E-state index in [0.29, 0.717) is 0 Å². The van der Waals surface area contributed by atoms with E-state index >= 15 is 0 Å². The lowest BCUT2D eigenvalue weighted by Gasteiger charge is -2.10. The van der Waals surface area contributed by atoms with Crippen molar-refractivity contribution in [1.29, 1.82) is 0 Å². The van der Waals surface area contributed by atoms with Crippen molar-refractivity contribution in [1.82, 2.24) is 10.2 Å². The number of unbranched alkanes of at least 4 members (excludes halogenated alkanes) is 1. The van der Waals surface area contributed by atoms with Gasteiger partial charge in [-0.2, -0.15) is 5.10 Å². The number of hydrogen-bond acceptors (Lipinski definition) is 1. The van der Waals surface area contributed by atoms with Gasteiger partial charge in [0.2, 0.25) is 0 Å². The van der Waals surface area contributed by atoms with E-state index in [1.165, 1.54) is 56.3 Å². The summed E-state index contributed by atoms with van der Waals surface area (Å²) in [6.45, 7) is 2.24. The van der Waals surface area contributed by atoms with E-state index in [0.717, 1.165) is 0 Å². The topological polar surface area (TPSA) is 28.7 Å². The Morgan fingerprint density at radius 2 is 2.15 bits per heavy atom. The average molecular weight is 178 g/mol. The van der Waals surface area contributed by atoms with E-state index in [1.54, 1.807) is 5.56 Å². The minimum absolute atomic E-state index is 1.17. The third-order valence-electron chi connectivity index (χ3n) is 2.91. The second-order valence-corrected chi connectivity index (χ2v) is 3.94. The first kappa shape index (κ1) is 8.79. The van der Waals surface area contributed by atoms with Crippen LogP contribution in [0.15, 0.2) is 0 Å². The van der Waals surface area contributed by atoms with E-state index < -0.39 is 0 Å². The molecule has 0 bridgehead atoms. The maximum absolute atomic E-state index is 4.41. The maximum atomic E-state index is 4.41. The zero-order chi connectivity index (χ0) is 9.10. The highest BCUT2D eigenvalue weighted by molar-refractivity contribution is 5.27. The summed E-state index contributed by atoms with van der Waals surface area (Å²) in [6.07, 6.45) is 8.87. The van der Waals surface area contributed by atoms with Gasteiger partial charge in [0.1, 0.15) is 0 Å². The molecule has 2 heteroatoms. The van der Waals surface area contributed by atoms with Crippen LogP contribution < -0.4 is 0 Å². The molecule has 0 saturated heterocycles. The second-order valence-electron chi connectivity index (χ2n) is 3.94. The van der Waals surface area contributed by atoms with Crippen LogP contribution in [-0.4, -0.2) is 10.2 Å². The molecule has 0 atom stereocenters. The maximum Gasteiger partial charge on any atom is 0.0656 e. The van der Waals surface area contributed by atoms with E-state index in [4.69, 9.17) is 0 Å². The first-order valence-electron chi connectivity index (χ1n) is 5.46. The summed E-state index contributed by atoms with van der Waals surface area (Å²) in [5.41, 5.74) is 4.30. The summed E-state index contributed by atoms with van der Waals surface area (Å²) in [6, 6.07) is 0. The molecule has 1 aromatic rings. The van der Waals surface area contributed by atoms with Crippen molar-refractivity contribution in [3.8, 4) is 0 Å². The molecule has 13 heavy (non-hydrogen) atoms. The van der Waals surface area contributed by atoms with Crippen LogP contribution in [0.1, 0.15) is 49.6 Å². The van der Waals surface area contributed by atoms with Gasteiger partial charge in [0.05, 0.1) is 5.69 Å². The highest BCUT2D eigenvalue weighted by Gasteiger charge is 2.15. The molecule has 0 aliphatic heterocycles. The number of aromatic nitrogens is 2. The molecule has 1 N–H and O–H groups in total. The molecule has 0 saturated carbocycles. The van der Waals surface area contributed by atoms with Crippen LogP contribution in [0, 0.1) is 0 Å². The molecule has 72 valence electrons. The van der Waals surface area contributed by atoms with Gasteiger partial charge in [-0.1, -0.05) is 13.3 Å². The highest BCUT2D eigenvalue weighted by Crippen LogP contribution is 2.22. The Kier molecular flexibility index (Phi) is 2.67. The fourth-order valence-electron chi connectivity index (χ4n) is 2.10. The lowest BCUT2D eigenvalue weighted by atomic mass is 9.94. The summed E-state index contributed by atoms with van der Waals surface area (Å²) in [5, 5.41) is 7.60. The Morgan fingerprint density at radius 3 is 3.00 bits per heavy atom. The predicted molar refractivity (Wildman–Crippen MR) is 53.8 cm³/mol. The highest BCUT2D eigenvalue weighted by atomic mass is 15.1.